The van der Waals surface area contributed by atoms with Crippen molar-refractivity contribution >= 4 is 0 Å². The number of nitrogens with zero attached hydrogens (tertiary/aromatic N) is 2. The van der Waals surface area contributed by atoms with Crippen LogP contribution in [0.15, 0.2) is 12.4 Å². The number of rotatable bonds is 7. The van der Waals surface area contributed by atoms with E-state index in [0.717, 1.165) is 13.0 Å². The standard InChI is InChI=1S/C11H22N4O/c1-4-15-7-10(6-13-15)5-11(14-12)8-16-9(2)3/h6-7,9,11,14H,4-5,8,12H2,1-3H3. The highest BCUT2D eigenvalue weighted by Gasteiger charge is 2.10. The molecule has 0 aliphatic rings. The molecule has 1 unspecified atom stereocenters. The maximum Gasteiger partial charge on any atom is 0.0639 e. The molecule has 0 amide bonds. The van der Waals surface area contributed by atoms with Crippen LogP contribution in [0.4, 0.5) is 0 Å². The monoisotopic (exact) mass is 226 g/mol. The number of aryl methyl sites for hydroxylation is 1. The van der Waals surface area contributed by atoms with E-state index in [1.165, 1.54) is 5.56 Å². The average Bonchev–Trinajstić information content (AvgIpc) is 2.71. The molecule has 0 aliphatic heterocycles. The van der Waals surface area contributed by atoms with Crippen molar-refractivity contribution in [2.75, 3.05) is 6.61 Å². The predicted octanol–water partition coefficient (Wildman–Crippen LogP) is 0.702. The Bertz CT molecular complexity index is 298. The molecule has 1 rings (SSSR count). The molecule has 1 aromatic rings. The maximum atomic E-state index is 5.53. The Morgan fingerprint density at radius 2 is 2.31 bits per heavy atom. The lowest BCUT2D eigenvalue weighted by Crippen LogP contribution is -2.40. The van der Waals surface area contributed by atoms with Crippen molar-refractivity contribution in [1.29, 1.82) is 0 Å². The van der Waals surface area contributed by atoms with E-state index in [-0.39, 0.29) is 12.1 Å². The molecule has 1 aromatic heterocycles. The fourth-order valence-corrected chi connectivity index (χ4v) is 1.44. The number of aromatic nitrogens is 2. The zero-order valence-corrected chi connectivity index (χ0v) is 10.3. The van der Waals surface area contributed by atoms with Crippen LogP contribution >= 0.6 is 0 Å². The summed E-state index contributed by atoms with van der Waals surface area (Å²) in [7, 11) is 0. The highest BCUT2D eigenvalue weighted by atomic mass is 16.5. The van der Waals surface area contributed by atoms with Crippen LogP contribution in [-0.4, -0.2) is 28.5 Å². The van der Waals surface area contributed by atoms with E-state index in [2.05, 4.69) is 17.4 Å². The van der Waals surface area contributed by atoms with Crippen LogP contribution in [0.25, 0.3) is 0 Å². The van der Waals surface area contributed by atoms with Crippen molar-refractivity contribution in [3.63, 3.8) is 0 Å². The van der Waals surface area contributed by atoms with Gasteiger partial charge in [0, 0.05) is 18.8 Å². The molecule has 92 valence electrons. The van der Waals surface area contributed by atoms with Gasteiger partial charge in [-0.15, -0.1) is 0 Å². The number of nitrogens with two attached hydrogens (primary N) is 1. The van der Waals surface area contributed by atoms with Gasteiger partial charge in [0.1, 0.15) is 0 Å². The van der Waals surface area contributed by atoms with Crippen LogP contribution in [0.1, 0.15) is 26.3 Å². The van der Waals surface area contributed by atoms with Gasteiger partial charge in [-0.1, -0.05) is 0 Å². The molecule has 0 radical (unpaired) electrons. The molecular weight excluding hydrogens is 204 g/mol. The second-order valence-corrected chi connectivity index (χ2v) is 4.15. The Morgan fingerprint density at radius 3 is 2.81 bits per heavy atom. The van der Waals surface area contributed by atoms with Gasteiger partial charge in [-0.05, 0) is 32.8 Å². The van der Waals surface area contributed by atoms with Gasteiger partial charge < -0.3 is 4.74 Å². The molecule has 0 aliphatic carbocycles. The minimum Gasteiger partial charge on any atom is -0.377 e. The quantitative estimate of drug-likeness (QED) is 0.530. The first-order valence-electron chi connectivity index (χ1n) is 5.74. The largest absolute Gasteiger partial charge is 0.377 e. The zero-order valence-electron chi connectivity index (χ0n) is 10.3. The minimum absolute atomic E-state index is 0.136. The summed E-state index contributed by atoms with van der Waals surface area (Å²) in [6, 6.07) is 0.136. The number of ether oxygens (including phenoxy) is 1. The fraction of sp³-hybridized carbons (Fsp3) is 0.727. The summed E-state index contributed by atoms with van der Waals surface area (Å²) in [6.07, 6.45) is 4.99. The second-order valence-electron chi connectivity index (χ2n) is 4.15. The van der Waals surface area contributed by atoms with Crippen LogP contribution in [-0.2, 0) is 17.7 Å². The first-order chi connectivity index (χ1) is 7.65. The Labute approximate surface area is 96.9 Å². The lowest BCUT2D eigenvalue weighted by Gasteiger charge is -2.16. The lowest BCUT2D eigenvalue weighted by molar-refractivity contribution is 0.0613. The summed E-state index contributed by atoms with van der Waals surface area (Å²) in [5.41, 5.74) is 3.95. The highest BCUT2D eigenvalue weighted by molar-refractivity contribution is 5.06. The molecule has 0 fully saturated rings. The molecule has 3 N–H and O–H groups in total. The van der Waals surface area contributed by atoms with E-state index < -0.39 is 0 Å². The summed E-state index contributed by atoms with van der Waals surface area (Å²) >= 11 is 0. The third-order valence-electron chi connectivity index (χ3n) is 2.36. The van der Waals surface area contributed by atoms with Crippen LogP contribution in [0, 0.1) is 0 Å². The Morgan fingerprint density at radius 1 is 1.56 bits per heavy atom. The van der Waals surface area contributed by atoms with E-state index in [1.54, 1.807) is 0 Å². The molecule has 5 nitrogen and oxygen atoms in total. The maximum absolute atomic E-state index is 5.53. The molecule has 0 spiro atoms. The number of hydrogen-bond acceptors (Lipinski definition) is 4. The summed E-state index contributed by atoms with van der Waals surface area (Å²) < 4.78 is 7.44. The summed E-state index contributed by atoms with van der Waals surface area (Å²) in [6.45, 7) is 7.61. The van der Waals surface area contributed by atoms with Crippen LogP contribution in [0.3, 0.4) is 0 Å². The van der Waals surface area contributed by atoms with E-state index >= 15 is 0 Å². The Kier molecular flexibility index (Phi) is 5.45. The molecule has 0 saturated carbocycles. The third kappa shape index (κ3) is 4.30. The van der Waals surface area contributed by atoms with Crippen molar-refractivity contribution in [3.05, 3.63) is 18.0 Å². The summed E-state index contributed by atoms with van der Waals surface area (Å²) in [5.74, 6) is 5.49. The fourth-order valence-electron chi connectivity index (χ4n) is 1.44. The van der Waals surface area contributed by atoms with Crippen molar-refractivity contribution in [3.8, 4) is 0 Å². The first-order valence-corrected chi connectivity index (χ1v) is 5.74. The lowest BCUT2D eigenvalue weighted by atomic mass is 10.1. The molecule has 5 heteroatoms. The number of nitrogens with one attached hydrogen (secondary N) is 1. The van der Waals surface area contributed by atoms with Crippen LogP contribution in [0.2, 0.25) is 0 Å². The SMILES string of the molecule is CCn1cc(CC(COC(C)C)NN)cn1. The average molecular weight is 226 g/mol. The molecule has 1 heterocycles. The van der Waals surface area contributed by atoms with Gasteiger partial charge in [-0.25, -0.2) is 0 Å². The highest BCUT2D eigenvalue weighted by Crippen LogP contribution is 2.03. The first kappa shape index (κ1) is 13.2. The molecule has 16 heavy (non-hydrogen) atoms. The van der Waals surface area contributed by atoms with E-state index in [1.807, 2.05) is 30.9 Å². The van der Waals surface area contributed by atoms with Gasteiger partial charge in [-0.2, -0.15) is 5.10 Å². The van der Waals surface area contributed by atoms with E-state index in [4.69, 9.17) is 10.6 Å². The molecule has 0 saturated heterocycles. The zero-order chi connectivity index (χ0) is 12.0. The van der Waals surface area contributed by atoms with Crippen LogP contribution < -0.4 is 11.3 Å². The summed E-state index contributed by atoms with van der Waals surface area (Å²) in [5, 5.41) is 4.22. The molecule has 0 aromatic carbocycles. The van der Waals surface area contributed by atoms with Crippen molar-refractivity contribution in [2.45, 2.75) is 45.9 Å². The van der Waals surface area contributed by atoms with Crippen LogP contribution in [0.5, 0.6) is 0 Å². The van der Waals surface area contributed by atoms with Gasteiger partial charge in [0.2, 0.25) is 0 Å². The number of hydrazine groups is 1. The third-order valence-corrected chi connectivity index (χ3v) is 2.36. The van der Waals surface area contributed by atoms with Gasteiger partial charge in [-0.3, -0.25) is 16.0 Å². The Balaban J connectivity index is 2.42. The van der Waals surface area contributed by atoms with Crippen molar-refractivity contribution in [1.82, 2.24) is 15.2 Å². The van der Waals surface area contributed by atoms with E-state index in [0.29, 0.717) is 6.61 Å². The normalized spacial score (nSPS) is 13.3. The van der Waals surface area contributed by atoms with Crippen molar-refractivity contribution in [2.24, 2.45) is 5.84 Å². The van der Waals surface area contributed by atoms with Crippen molar-refractivity contribution < 1.29 is 4.74 Å². The number of hydrogen-bond donors (Lipinski definition) is 2. The summed E-state index contributed by atoms with van der Waals surface area (Å²) in [4.78, 5) is 0. The molecule has 0 bridgehead atoms. The van der Waals surface area contributed by atoms with E-state index in [9.17, 15) is 0 Å². The Hall–Kier alpha value is -0.910. The van der Waals surface area contributed by atoms with Gasteiger partial charge in [0.15, 0.2) is 0 Å². The van der Waals surface area contributed by atoms with Gasteiger partial charge >= 0.3 is 0 Å². The molecular formula is C11H22N4O. The predicted molar refractivity (Wildman–Crippen MR) is 63.8 cm³/mol. The molecule has 1 atom stereocenters. The smallest absolute Gasteiger partial charge is 0.0639 e. The second kappa shape index (κ2) is 6.62. The topological polar surface area (TPSA) is 65.1 Å². The van der Waals surface area contributed by atoms with Gasteiger partial charge in [0.05, 0.1) is 18.9 Å². The minimum atomic E-state index is 0.136. The van der Waals surface area contributed by atoms with Gasteiger partial charge in [0.25, 0.3) is 0 Å².